The lowest BCUT2D eigenvalue weighted by molar-refractivity contribution is 0.187. The average molecular weight is 259 g/mol. The molecule has 0 bridgehead atoms. The van der Waals surface area contributed by atoms with E-state index in [9.17, 15) is 0 Å². The van der Waals surface area contributed by atoms with E-state index in [0.717, 1.165) is 24.8 Å². The summed E-state index contributed by atoms with van der Waals surface area (Å²) >= 11 is 0. The second kappa shape index (κ2) is 5.41. The zero-order valence-electron chi connectivity index (χ0n) is 11.9. The topological polar surface area (TPSA) is 32.5 Å². The Hall–Kier alpha value is -1.22. The number of nitrogens with two attached hydrogens (primary N) is 1. The van der Waals surface area contributed by atoms with E-state index in [4.69, 9.17) is 5.73 Å². The number of nitrogen functional groups attached to an aromatic ring is 1. The van der Waals surface area contributed by atoms with Gasteiger partial charge in [-0.05, 0) is 43.5 Å². The van der Waals surface area contributed by atoms with Crippen LogP contribution in [0.2, 0.25) is 0 Å². The standard InChI is InChI=1S/C16H25N3/c1-13-10-14(17)12-16(11-13)19-8-6-18(7-9-19)15-4-2-3-5-15/h10-12,15H,2-9,17H2,1H3. The molecule has 0 spiro atoms. The van der Waals surface area contributed by atoms with Crippen LogP contribution in [0.4, 0.5) is 11.4 Å². The summed E-state index contributed by atoms with van der Waals surface area (Å²) in [4.78, 5) is 5.18. The van der Waals surface area contributed by atoms with Crippen molar-refractivity contribution in [1.29, 1.82) is 0 Å². The molecule has 0 amide bonds. The van der Waals surface area contributed by atoms with E-state index < -0.39 is 0 Å². The Balaban J connectivity index is 1.63. The van der Waals surface area contributed by atoms with Crippen molar-refractivity contribution in [1.82, 2.24) is 4.90 Å². The van der Waals surface area contributed by atoms with Crippen LogP contribution in [0.5, 0.6) is 0 Å². The predicted octanol–water partition coefficient (Wildman–Crippen LogP) is 2.64. The highest BCUT2D eigenvalue weighted by molar-refractivity contribution is 5.58. The second-order valence-electron chi connectivity index (χ2n) is 6.06. The molecule has 1 aliphatic heterocycles. The lowest BCUT2D eigenvalue weighted by Gasteiger charge is -2.39. The Morgan fingerprint density at radius 2 is 1.68 bits per heavy atom. The van der Waals surface area contributed by atoms with Crippen molar-refractivity contribution in [3.63, 3.8) is 0 Å². The van der Waals surface area contributed by atoms with Gasteiger partial charge in [0.1, 0.15) is 0 Å². The van der Waals surface area contributed by atoms with Crippen molar-refractivity contribution in [3.05, 3.63) is 23.8 Å². The molecule has 3 rings (SSSR count). The van der Waals surface area contributed by atoms with Crippen LogP contribution in [0.15, 0.2) is 18.2 Å². The highest BCUT2D eigenvalue weighted by Gasteiger charge is 2.26. The molecule has 1 aliphatic carbocycles. The largest absolute Gasteiger partial charge is 0.399 e. The third-order valence-electron chi connectivity index (χ3n) is 4.60. The molecular weight excluding hydrogens is 234 g/mol. The lowest BCUT2D eigenvalue weighted by atomic mass is 10.1. The summed E-state index contributed by atoms with van der Waals surface area (Å²) in [6, 6.07) is 7.27. The molecule has 1 saturated carbocycles. The Morgan fingerprint density at radius 1 is 1.00 bits per heavy atom. The second-order valence-corrected chi connectivity index (χ2v) is 6.06. The molecule has 1 saturated heterocycles. The third-order valence-corrected chi connectivity index (χ3v) is 4.60. The summed E-state index contributed by atoms with van der Waals surface area (Å²) in [6.45, 7) is 6.81. The Bertz CT molecular complexity index is 409. The van der Waals surface area contributed by atoms with Gasteiger partial charge >= 0.3 is 0 Å². The molecule has 3 heteroatoms. The summed E-state index contributed by atoms with van der Waals surface area (Å²) in [5, 5.41) is 0. The monoisotopic (exact) mass is 259 g/mol. The van der Waals surface area contributed by atoms with Crippen molar-refractivity contribution in [3.8, 4) is 0 Å². The number of benzene rings is 1. The van der Waals surface area contributed by atoms with Crippen LogP contribution in [-0.4, -0.2) is 37.1 Å². The van der Waals surface area contributed by atoms with Gasteiger partial charge in [0.15, 0.2) is 0 Å². The Kier molecular flexibility index (Phi) is 3.65. The zero-order valence-corrected chi connectivity index (χ0v) is 11.9. The maximum absolute atomic E-state index is 5.96. The highest BCUT2D eigenvalue weighted by Crippen LogP contribution is 2.26. The van der Waals surface area contributed by atoms with Crippen molar-refractivity contribution in [2.75, 3.05) is 36.8 Å². The number of piperazine rings is 1. The molecule has 1 aromatic carbocycles. The molecule has 3 nitrogen and oxygen atoms in total. The number of hydrogen-bond donors (Lipinski definition) is 1. The van der Waals surface area contributed by atoms with Gasteiger partial charge in [-0.15, -0.1) is 0 Å². The maximum atomic E-state index is 5.96. The summed E-state index contributed by atoms with van der Waals surface area (Å²) in [5.41, 5.74) is 9.39. The zero-order chi connectivity index (χ0) is 13.2. The van der Waals surface area contributed by atoms with E-state index >= 15 is 0 Å². The number of anilines is 2. The quantitative estimate of drug-likeness (QED) is 0.829. The van der Waals surface area contributed by atoms with E-state index in [1.807, 2.05) is 6.07 Å². The fourth-order valence-corrected chi connectivity index (χ4v) is 3.59. The minimum absolute atomic E-state index is 0.865. The Labute approximate surface area is 116 Å². The first-order valence-electron chi connectivity index (χ1n) is 7.58. The smallest absolute Gasteiger partial charge is 0.0390 e. The first-order chi connectivity index (χ1) is 9.22. The normalized spacial score (nSPS) is 22.1. The molecule has 0 atom stereocenters. The number of nitrogens with zero attached hydrogens (tertiary/aromatic N) is 2. The molecular formula is C16H25N3. The number of aryl methyl sites for hydroxylation is 1. The van der Waals surface area contributed by atoms with Crippen LogP contribution >= 0.6 is 0 Å². The predicted molar refractivity (Wildman–Crippen MR) is 81.6 cm³/mol. The molecule has 2 aliphatic rings. The summed E-state index contributed by atoms with van der Waals surface area (Å²) in [6.07, 6.45) is 5.69. The Morgan fingerprint density at radius 3 is 2.32 bits per heavy atom. The van der Waals surface area contributed by atoms with Crippen molar-refractivity contribution in [2.45, 2.75) is 38.6 Å². The molecule has 19 heavy (non-hydrogen) atoms. The van der Waals surface area contributed by atoms with Gasteiger partial charge in [-0.2, -0.15) is 0 Å². The van der Waals surface area contributed by atoms with Gasteiger partial charge in [-0.25, -0.2) is 0 Å². The molecule has 2 N–H and O–H groups in total. The minimum atomic E-state index is 0.865. The fraction of sp³-hybridized carbons (Fsp3) is 0.625. The third kappa shape index (κ3) is 2.86. The molecule has 104 valence electrons. The van der Waals surface area contributed by atoms with E-state index in [1.165, 1.54) is 50.0 Å². The molecule has 0 aromatic heterocycles. The van der Waals surface area contributed by atoms with E-state index in [-0.39, 0.29) is 0 Å². The molecule has 0 radical (unpaired) electrons. The van der Waals surface area contributed by atoms with E-state index in [2.05, 4.69) is 28.9 Å². The van der Waals surface area contributed by atoms with Gasteiger partial charge in [0.25, 0.3) is 0 Å². The van der Waals surface area contributed by atoms with Gasteiger partial charge in [-0.3, -0.25) is 4.90 Å². The average Bonchev–Trinajstić information content (AvgIpc) is 2.91. The maximum Gasteiger partial charge on any atom is 0.0390 e. The molecule has 2 fully saturated rings. The number of rotatable bonds is 2. The van der Waals surface area contributed by atoms with Gasteiger partial charge in [0, 0.05) is 43.6 Å². The van der Waals surface area contributed by atoms with Gasteiger partial charge < -0.3 is 10.6 Å². The van der Waals surface area contributed by atoms with E-state index in [1.54, 1.807) is 0 Å². The van der Waals surface area contributed by atoms with Gasteiger partial charge in [0.2, 0.25) is 0 Å². The summed E-state index contributed by atoms with van der Waals surface area (Å²) in [7, 11) is 0. The highest BCUT2D eigenvalue weighted by atomic mass is 15.3. The molecule has 1 aromatic rings. The minimum Gasteiger partial charge on any atom is -0.399 e. The van der Waals surface area contributed by atoms with Crippen LogP contribution in [0, 0.1) is 6.92 Å². The van der Waals surface area contributed by atoms with Crippen LogP contribution in [0.25, 0.3) is 0 Å². The SMILES string of the molecule is Cc1cc(N)cc(N2CCN(C3CCCC3)CC2)c1. The fourth-order valence-electron chi connectivity index (χ4n) is 3.59. The molecule has 1 heterocycles. The van der Waals surface area contributed by atoms with Gasteiger partial charge in [0.05, 0.1) is 0 Å². The first kappa shape index (κ1) is 12.8. The van der Waals surface area contributed by atoms with E-state index in [0.29, 0.717) is 0 Å². The first-order valence-corrected chi connectivity index (χ1v) is 7.58. The van der Waals surface area contributed by atoms with Crippen LogP contribution < -0.4 is 10.6 Å². The van der Waals surface area contributed by atoms with Gasteiger partial charge in [-0.1, -0.05) is 12.8 Å². The van der Waals surface area contributed by atoms with Crippen molar-refractivity contribution in [2.24, 2.45) is 0 Å². The van der Waals surface area contributed by atoms with Crippen LogP contribution in [0.3, 0.4) is 0 Å². The lowest BCUT2D eigenvalue weighted by Crippen LogP contribution is -2.49. The van der Waals surface area contributed by atoms with Crippen LogP contribution in [0.1, 0.15) is 31.2 Å². The van der Waals surface area contributed by atoms with Crippen molar-refractivity contribution >= 4 is 11.4 Å². The summed E-state index contributed by atoms with van der Waals surface area (Å²) < 4.78 is 0. The molecule has 0 unspecified atom stereocenters. The van der Waals surface area contributed by atoms with Crippen molar-refractivity contribution < 1.29 is 0 Å². The summed E-state index contributed by atoms with van der Waals surface area (Å²) in [5.74, 6) is 0. The number of hydrogen-bond acceptors (Lipinski definition) is 3. The van der Waals surface area contributed by atoms with Crippen LogP contribution in [-0.2, 0) is 0 Å².